The molecule has 0 atom stereocenters. The maximum Gasteiger partial charge on any atom is 0.131 e. The van der Waals surface area contributed by atoms with Gasteiger partial charge >= 0.3 is 0 Å². The highest BCUT2D eigenvalue weighted by molar-refractivity contribution is 7.99. The van der Waals surface area contributed by atoms with Crippen molar-refractivity contribution in [1.82, 2.24) is 9.97 Å². The van der Waals surface area contributed by atoms with Gasteiger partial charge in [0.05, 0.1) is 0 Å². The molecule has 0 saturated carbocycles. The largest absolute Gasteiger partial charge is 0.370 e. The molecule has 0 aliphatic carbocycles. The minimum Gasteiger partial charge on any atom is -0.370 e. The third kappa shape index (κ3) is 6.36. The van der Waals surface area contributed by atoms with Crippen molar-refractivity contribution in [3.63, 3.8) is 0 Å². The fourth-order valence-electron chi connectivity index (χ4n) is 1.34. The lowest BCUT2D eigenvalue weighted by atomic mass is 10.4. The summed E-state index contributed by atoms with van der Waals surface area (Å²) in [6.07, 6.45) is 3.86. The molecule has 0 aliphatic rings. The van der Waals surface area contributed by atoms with Crippen molar-refractivity contribution in [2.24, 2.45) is 0 Å². The summed E-state index contributed by atoms with van der Waals surface area (Å²) in [6.45, 7) is 6.24. The van der Waals surface area contributed by atoms with Gasteiger partial charge in [-0.1, -0.05) is 13.8 Å². The summed E-state index contributed by atoms with van der Waals surface area (Å²) in [5.74, 6) is 4.20. The second-order valence-corrected chi connectivity index (χ2v) is 5.09. The van der Waals surface area contributed by atoms with Crippen molar-refractivity contribution in [2.45, 2.75) is 26.7 Å². The Balaban J connectivity index is 2.27. The van der Waals surface area contributed by atoms with Crippen molar-refractivity contribution in [3.05, 3.63) is 12.4 Å². The smallest absolute Gasteiger partial charge is 0.131 e. The lowest BCUT2D eigenvalue weighted by Gasteiger charge is -2.07. The van der Waals surface area contributed by atoms with Crippen LogP contribution in [0.3, 0.4) is 0 Å². The lowest BCUT2D eigenvalue weighted by molar-refractivity contribution is 0.955. The van der Waals surface area contributed by atoms with E-state index in [1.54, 1.807) is 6.33 Å². The van der Waals surface area contributed by atoms with E-state index in [0.29, 0.717) is 0 Å². The average molecular weight is 254 g/mol. The van der Waals surface area contributed by atoms with Crippen LogP contribution in [0.4, 0.5) is 11.6 Å². The van der Waals surface area contributed by atoms with Gasteiger partial charge in [-0.05, 0) is 24.3 Å². The van der Waals surface area contributed by atoms with E-state index in [4.69, 9.17) is 0 Å². The summed E-state index contributed by atoms with van der Waals surface area (Å²) in [6, 6.07) is 1.96. The van der Waals surface area contributed by atoms with Crippen LogP contribution in [0.1, 0.15) is 26.7 Å². The first-order chi connectivity index (χ1) is 8.36. The third-order valence-corrected chi connectivity index (χ3v) is 3.18. The summed E-state index contributed by atoms with van der Waals surface area (Å²) in [7, 11) is 0. The van der Waals surface area contributed by atoms with E-state index < -0.39 is 0 Å². The van der Waals surface area contributed by atoms with Gasteiger partial charge in [0.1, 0.15) is 18.0 Å². The zero-order valence-electron chi connectivity index (χ0n) is 10.7. The molecule has 1 aromatic rings. The highest BCUT2D eigenvalue weighted by atomic mass is 32.2. The molecule has 0 amide bonds. The number of nitrogens with one attached hydrogen (secondary N) is 2. The fraction of sp³-hybridized carbons (Fsp3) is 0.667. The molecule has 0 aromatic carbocycles. The Bertz CT molecular complexity index is 306. The summed E-state index contributed by atoms with van der Waals surface area (Å²) >= 11 is 1.97. The van der Waals surface area contributed by atoms with Gasteiger partial charge in [-0.3, -0.25) is 0 Å². The van der Waals surface area contributed by atoms with Gasteiger partial charge in [-0.15, -0.1) is 0 Å². The van der Waals surface area contributed by atoms with E-state index in [1.807, 2.05) is 17.8 Å². The van der Waals surface area contributed by atoms with Gasteiger partial charge < -0.3 is 10.6 Å². The molecule has 96 valence electrons. The van der Waals surface area contributed by atoms with Crippen LogP contribution < -0.4 is 10.6 Å². The molecule has 0 aliphatic heterocycles. The Morgan fingerprint density at radius 1 is 1.12 bits per heavy atom. The normalized spacial score (nSPS) is 10.2. The predicted octanol–water partition coefficient (Wildman–Crippen LogP) is 2.85. The predicted molar refractivity (Wildman–Crippen MR) is 76.9 cm³/mol. The Labute approximate surface area is 108 Å². The molecule has 17 heavy (non-hydrogen) atoms. The van der Waals surface area contributed by atoms with E-state index in [-0.39, 0.29) is 0 Å². The summed E-state index contributed by atoms with van der Waals surface area (Å²) in [4.78, 5) is 8.36. The second kappa shape index (κ2) is 9.10. The van der Waals surface area contributed by atoms with Crippen molar-refractivity contribution in [1.29, 1.82) is 0 Å². The zero-order valence-corrected chi connectivity index (χ0v) is 11.5. The molecule has 1 aromatic heterocycles. The highest BCUT2D eigenvalue weighted by Gasteiger charge is 1.97. The number of thioether (sulfide) groups is 1. The molecule has 4 nitrogen and oxygen atoms in total. The average Bonchev–Trinajstić information content (AvgIpc) is 2.37. The van der Waals surface area contributed by atoms with E-state index >= 15 is 0 Å². The minimum atomic E-state index is 0.896. The van der Waals surface area contributed by atoms with Crippen LogP contribution in [0.15, 0.2) is 12.4 Å². The first-order valence-electron chi connectivity index (χ1n) is 6.24. The van der Waals surface area contributed by atoms with Crippen LogP contribution in [-0.2, 0) is 0 Å². The monoisotopic (exact) mass is 254 g/mol. The lowest BCUT2D eigenvalue weighted by Crippen LogP contribution is -2.07. The topological polar surface area (TPSA) is 49.8 Å². The molecule has 0 radical (unpaired) electrons. The van der Waals surface area contributed by atoms with Crippen LogP contribution in [0.2, 0.25) is 0 Å². The molecule has 5 heteroatoms. The summed E-state index contributed by atoms with van der Waals surface area (Å²) in [5, 5.41) is 6.57. The first-order valence-corrected chi connectivity index (χ1v) is 7.39. The standard InChI is InChI=1S/C12H22N4S/c1-3-6-13-11-9-12(16-10-15-11)14-7-5-8-17-4-2/h9-10H,3-8H2,1-2H3,(H2,13,14,15,16). The molecule has 0 fully saturated rings. The van der Waals surface area contributed by atoms with Gasteiger partial charge in [0, 0.05) is 19.2 Å². The molecule has 1 rings (SSSR count). The molecule has 0 spiro atoms. The van der Waals surface area contributed by atoms with Crippen molar-refractivity contribution >= 4 is 23.4 Å². The van der Waals surface area contributed by atoms with E-state index in [2.05, 4.69) is 34.4 Å². The van der Waals surface area contributed by atoms with Crippen molar-refractivity contribution in [3.8, 4) is 0 Å². The van der Waals surface area contributed by atoms with Crippen molar-refractivity contribution < 1.29 is 0 Å². The highest BCUT2D eigenvalue weighted by Crippen LogP contribution is 2.09. The van der Waals surface area contributed by atoms with E-state index in [0.717, 1.165) is 31.1 Å². The molecule has 1 heterocycles. The van der Waals surface area contributed by atoms with E-state index in [9.17, 15) is 0 Å². The Morgan fingerprint density at radius 3 is 2.47 bits per heavy atom. The van der Waals surface area contributed by atoms with E-state index in [1.165, 1.54) is 17.9 Å². The number of aromatic nitrogens is 2. The second-order valence-electron chi connectivity index (χ2n) is 3.69. The minimum absolute atomic E-state index is 0.896. The Kier molecular flexibility index (Phi) is 7.54. The summed E-state index contributed by atoms with van der Waals surface area (Å²) < 4.78 is 0. The van der Waals surface area contributed by atoms with Crippen LogP contribution >= 0.6 is 11.8 Å². The molecule has 0 saturated heterocycles. The van der Waals surface area contributed by atoms with Gasteiger partial charge in [0.15, 0.2) is 0 Å². The SMILES string of the molecule is CCCNc1cc(NCCCSCC)ncn1. The number of hydrogen-bond donors (Lipinski definition) is 2. The number of anilines is 2. The molecular formula is C12H22N4S. The molecule has 2 N–H and O–H groups in total. The third-order valence-electron chi connectivity index (χ3n) is 2.20. The van der Waals surface area contributed by atoms with Gasteiger partial charge in [0.25, 0.3) is 0 Å². The maximum absolute atomic E-state index is 4.20. The molecular weight excluding hydrogens is 232 g/mol. The van der Waals surface area contributed by atoms with Crippen LogP contribution in [0, 0.1) is 0 Å². The van der Waals surface area contributed by atoms with Gasteiger partial charge in [-0.25, -0.2) is 9.97 Å². The van der Waals surface area contributed by atoms with Gasteiger partial charge in [0.2, 0.25) is 0 Å². The number of rotatable bonds is 9. The molecule has 0 bridgehead atoms. The Hall–Kier alpha value is -0.970. The maximum atomic E-state index is 4.20. The summed E-state index contributed by atoms with van der Waals surface area (Å²) in [5.41, 5.74) is 0. The number of nitrogens with zero attached hydrogens (tertiary/aromatic N) is 2. The fourth-order valence-corrected chi connectivity index (χ4v) is 1.98. The Morgan fingerprint density at radius 2 is 1.82 bits per heavy atom. The van der Waals surface area contributed by atoms with Crippen LogP contribution in [0.5, 0.6) is 0 Å². The van der Waals surface area contributed by atoms with Crippen molar-refractivity contribution in [2.75, 3.05) is 35.2 Å². The first kappa shape index (κ1) is 14.1. The zero-order chi connectivity index (χ0) is 12.3. The number of hydrogen-bond acceptors (Lipinski definition) is 5. The molecule has 0 unspecified atom stereocenters. The van der Waals surface area contributed by atoms with Gasteiger partial charge in [-0.2, -0.15) is 11.8 Å². The quantitative estimate of drug-likeness (QED) is 0.664. The van der Waals surface area contributed by atoms with Crippen LogP contribution in [-0.4, -0.2) is 34.6 Å². The van der Waals surface area contributed by atoms with Crippen LogP contribution in [0.25, 0.3) is 0 Å².